The summed E-state index contributed by atoms with van der Waals surface area (Å²) in [5, 5.41) is 12.3. The highest BCUT2D eigenvalue weighted by Gasteiger charge is 2.18. The van der Waals surface area contributed by atoms with Crippen molar-refractivity contribution >= 4 is 45.4 Å². The van der Waals surface area contributed by atoms with Crippen molar-refractivity contribution in [3.63, 3.8) is 0 Å². The number of nitrogens with one attached hydrogen (secondary N) is 2. The topological polar surface area (TPSA) is 107 Å². The van der Waals surface area contributed by atoms with Crippen LogP contribution in [0.5, 0.6) is 11.5 Å². The molecule has 9 nitrogen and oxygen atoms in total. The number of hydrogen-bond donors (Lipinski definition) is 2. The molecule has 162 valence electrons. The third-order valence-electron chi connectivity index (χ3n) is 4.76. The van der Waals surface area contributed by atoms with Crippen LogP contribution in [0.4, 0.5) is 5.69 Å². The molecule has 0 saturated heterocycles. The number of rotatable bonds is 5. The Morgan fingerprint density at radius 3 is 2.75 bits per heavy atom. The molecule has 0 bridgehead atoms. The first-order valence-corrected chi connectivity index (χ1v) is 10.9. The van der Waals surface area contributed by atoms with Crippen molar-refractivity contribution in [2.45, 2.75) is 6.42 Å². The van der Waals surface area contributed by atoms with Gasteiger partial charge in [-0.3, -0.25) is 9.59 Å². The van der Waals surface area contributed by atoms with Gasteiger partial charge in [-0.15, -0.1) is 16.4 Å². The van der Waals surface area contributed by atoms with Gasteiger partial charge in [-0.25, -0.2) is 4.52 Å². The first kappa shape index (κ1) is 20.3. The van der Waals surface area contributed by atoms with Crippen LogP contribution < -0.4 is 20.1 Å². The van der Waals surface area contributed by atoms with Gasteiger partial charge in [0.2, 0.25) is 11.8 Å². The number of anilines is 1. The van der Waals surface area contributed by atoms with E-state index in [0.29, 0.717) is 34.5 Å². The summed E-state index contributed by atoms with van der Waals surface area (Å²) in [5.41, 5.74) is 2.20. The highest BCUT2D eigenvalue weighted by Crippen LogP contribution is 2.34. The van der Waals surface area contributed by atoms with Crippen LogP contribution in [0.1, 0.15) is 5.69 Å². The maximum absolute atomic E-state index is 12.2. The Morgan fingerprint density at radius 1 is 1.09 bits per heavy atom. The van der Waals surface area contributed by atoms with Crippen LogP contribution >= 0.6 is 22.9 Å². The van der Waals surface area contributed by atoms with Crippen LogP contribution in [0, 0.1) is 0 Å². The molecular weight excluding hydrogens is 454 g/mol. The molecule has 0 unspecified atom stereocenters. The molecule has 0 atom stereocenters. The summed E-state index contributed by atoms with van der Waals surface area (Å²) >= 11 is 7.40. The molecule has 5 rings (SSSR count). The van der Waals surface area contributed by atoms with Crippen LogP contribution in [0.2, 0.25) is 5.02 Å². The fourth-order valence-corrected chi connectivity index (χ4v) is 4.15. The second-order valence-electron chi connectivity index (χ2n) is 6.89. The minimum atomic E-state index is -0.759. The molecule has 2 aromatic carbocycles. The lowest BCUT2D eigenvalue weighted by Crippen LogP contribution is -2.36. The normalized spacial score (nSPS) is 12.2. The fraction of sp³-hybridized carbons (Fsp3) is 0.143. The summed E-state index contributed by atoms with van der Waals surface area (Å²) in [4.78, 5) is 29.6. The largest absolute Gasteiger partial charge is 0.454 e. The van der Waals surface area contributed by atoms with Gasteiger partial charge in [0.25, 0.3) is 0 Å². The monoisotopic (exact) mass is 469 g/mol. The van der Waals surface area contributed by atoms with Crippen LogP contribution in [-0.2, 0) is 16.0 Å². The van der Waals surface area contributed by atoms with Gasteiger partial charge in [-0.2, -0.15) is 4.98 Å². The Kier molecular flexibility index (Phi) is 5.38. The molecule has 2 amide bonds. The van der Waals surface area contributed by atoms with E-state index in [4.69, 9.17) is 21.1 Å². The number of thiazole rings is 1. The smallest absolute Gasteiger partial charge is 0.313 e. The van der Waals surface area contributed by atoms with Gasteiger partial charge in [0.15, 0.2) is 17.3 Å². The number of carbonyl (C=O) groups excluding carboxylic acids is 2. The van der Waals surface area contributed by atoms with Crippen LogP contribution in [0.25, 0.3) is 16.3 Å². The molecule has 0 aliphatic carbocycles. The number of carbonyl (C=O) groups is 2. The maximum Gasteiger partial charge on any atom is 0.313 e. The average Bonchev–Trinajstić information content (AvgIpc) is 3.50. The fourth-order valence-electron chi connectivity index (χ4n) is 3.16. The first-order valence-electron chi connectivity index (χ1n) is 9.65. The Balaban J connectivity index is 1.18. The van der Waals surface area contributed by atoms with E-state index in [9.17, 15) is 9.59 Å². The van der Waals surface area contributed by atoms with E-state index < -0.39 is 11.8 Å². The first-order chi connectivity index (χ1) is 15.6. The van der Waals surface area contributed by atoms with Crippen molar-refractivity contribution in [1.29, 1.82) is 0 Å². The third kappa shape index (κ3) is 4.10. The Labute approximate surface area is 190 Å². The molecule has 2 aromatic heterocycles. The zero-order valence-corrected chi connectivity index (χ0v) is 18.1. The summed E-state index contributed by atoms with van der Waals surface area (Å²) in [6, 6.07) is 12.2. The van der Waals surface area contributed by atoms with Gasteiger partial charge in [0, 0.05) is 40.7 Å². The highest BCUT2D eigenvalue weighted by atomic mass is 35.5. The summed E-state index contributed by atoms with van der Waals surface area (Å²) < 4.78 is 12.2. The summed E-state index contributed by atoms with van der Waals surface area (Å²) in [6.45, 7) is 0.408. The number of aromatic nitrogens is 3. The lowest BCUT2D eigenvalue weighted by molar-refractivity contribution is -0.136. The maximum atomic E-state index is 12.2. The van der Waals surface area contributed by atoms with E-state index >= 15 is 0 Å². The summed E-state index contributed by atoms with van der Waals surface area (Å²) in [5.74, 6) is 0.235. The van der Waals surface area contributed by atoms with Crippen LogP contribution in [0.3, 0.4) is 0 Å². The molecule has 11 heteroatoms. The minimum absolute atomic E-state index is 0.135. The molecule has 2 N–H and O–H groups in total. The second-order valence-corrected chi connectivity index (χ2v) is 8.16. The third-order valence-corrected chi connectivity index (χ3v) is 5.87. The van der Waals surface area contributed by atoms with Crippen molar-refractivity contribution < 1.29 is 19.1 Å². The lowest BCUT2D eigenvalue weighted by Gasteiger charge is -2.07. The highest BCUT2D eigenvalue weighted by molar-refractivity contribution is 7.15. The number of halogens is 1. The molecule has 0 spiro atoms. The second kappa shape index (κ2) is 8.48. The predicted molar refractivity (Wildman–Crippen MR) is 119 cm³/mol. The quantitative estimate of drug-likeness (QED) is 0.435. The van der Waals surface area contributed by atoms with E-state index in [-0.39, 0.29) is 13.3 Å². The van der Waals surface area contributed by atoms with Crippen molar-refractivity contribution in [2.24, 2.45) is 0 Å². The van der Waals surface area contributed by atoms with Gasteiger partial charge in [0.1, 0.15) is 0 Å². The number of hydrogen-bond acceptors (Lipinski definition) is 7. The van der Waals surface area contributed by atoms with Gasteiger partial charge >= 0.3 is 11.8 Å². The van der Waals surface area contributed by atoms with E-state index in [0.717, 1.165) is 16.2 Å². The number of fused-ring (bicyclic) bond motifs is 2. The average molecular weight is 470 g/mol. The zero-order chi connectivity index (χ0) is 22.1. The van der Waals surface area contributed by atoms with Gasteiger partial charge in [0.05, 0.1) is 5.69 Å². The van der Waals surface area contributed by atoms with E-state index in [1.165, 1.54) is 11.3 Å². The van der Waals surface area contributed by atoms with Gasteiger partial charge in [-0.05, 0) is 36.4 Å². The molecule has 4 aromatic rings. The lowest BCUT2D eigenvalue weighted by atomic mass is 10.2. The summed E-state index contributed by atoms with van der Waals surface area (Å²) in [6.07, 6.45) is 0.493. The molecule has 1 aliphatic rings. The zero-order valence-electron chi connectivity index (χ0n) is 16.5. The van der Waals surface area contributed by atoms with Crippen molar-refractivity contribution in [1.82, 2.24) is 19.9 Å². The number of amides is 2. The van der Waals surface area contributed by atoms with E-state index in [1.807, 2.05) is 17.5 Å². The van der Waals surface area contributed by atoms with E-state index in [2.05, 4.69) is 20.7 Å². The molecule has 0 saturated carbocycles. The van der Waals surface area contributed by atoms with E-state index in [1.54, 1.807) is 34.8 Å². The Morgan fingerprint density at radius 2 is 1.91 bits per heavy atom. The van der Waals surface area contributed by atoms with Gasteiger partial charge in [-0.1, -0.05) is 11.6 Å². The SMILES string of the molecule is O=C(NCCc1csc2nc(-c3ccc(Cl)cc3)nn12)C(=O)Nc1ccc2c(c1)OCO2. The Bertz CT molecular complexity index is 1320. The molecule has 32 heavy (non-hydrogen) atoms. The minimum Gasteiger partial charge on any atom is -0.454 e. The molecule has 1 aliphatic heterocycles. The number of nitrogens with zero attached hydrogens (tertiary/aromatic N) is 3. The molecule has 0 fully saturated rings. The van der Waals surface area contributed by atoms with Crippen molar-refractivity contribution in [3.8, 4) is 22.9 Å². The Hall–Kier alpha value is -3.63. The molecule has 0 radical (unpaired) electrons. The van der Waals surface area contributed by atoms with Crippen LogP contribution in [-0.4, -0.2) is 39.8 Å². The standard InChI is InChI=1S/C21H16ClN5O4S/c22-13-3-1-12(2-4-13)18-25-21-27(26-18)15(10-32-21)7-8-23-19(28)20(29)24-14-5-6-16-17(9-14)31-11-30-16/h1-6,9-10H,7-8,11H2,(H,23,28)(H,24,29). The van der Waals surface area contributed by atoms with Crippen molar-refractivity contribution in [2.75, 3.05) is 18.7 Å². The van der Waals surface area contributed by atoms with Crippen molar-refractivity contribution in [3.05, 3.63) is 58.6 Å². The molecule has 3 heterocycles. The number of ether oxygens (including phenoxy) is 2. The number of benzene rings is 2. The van der Waals surface area contributed by atoms with Crippen LogP contribution in [0.15, 0.2) is 47.8 Å². The summed E-state index contributed by atoms with van der Waals surface area (Å²) in [7, 11) is 0. The predicted octanol–water partition coefficient (Wildman–Crippen LogP) is 3.14. The van der Waals surface area contributed by atoms with Gasteiger partial charge < -0.3 is 20.1 Å². The molecular formula is C21H16ClN5O4S.